The predicted octanol–water partition coefficient (Wildman–Crippen LogP) is 0.589. The number of sulfonamides is 1. The lowest BCUT2D eigenvalue weighted by Gasteiger charge is -2.25. The molecule has 0 atom stereocenters. The first-order chi connectivity index (χ1) is 9.66. The van der Waals surface area contributed by atoms with E-state index < -0.39 is 28.1 Å². The molecule has 1 aromatic carbocycles. The average molecular weight is 317 g/mol. The molecule has 0 aliphatic heterocycles. The zero-order valence-electron chi connectivity index (χ0n) is 11.9. The summed E-state index contributed by atoms with van der Waals surface area (Å²) < 4.78 is 31.8. The Morgan fingerprint density at radius 1 is 1.29 bits per heavy atom. The fourth-order valence-corrected chi connectivity index (χ4v) is 3.06. The number of aliphatic carboxylic acids is 1. The van der Waals surface area contributed by atoms with Crippen molar-refractivity contribution in [2.24, 2.45) is 0 Å². The number of ether oxygens (including phenoxy) is 1. The molecule has 0 amide bonds. The minimum Gasteiger partial charge on any atom is -0.482 e. The van der Waals surface area contributed by atoms with Gasteiger partial charge in [-0.05, 0) is 44.5 Å². The van der Waals surface area contributed by atoms with Crippen molar-refractivity contribution in [1.82, 2.24) is 4.72 Å². The molecular weight excluding hydrogens is 298 g/mol. The molecule has 0 heterocycles. The highest BCUT2D eigenvalue weighted by Gasteiger charge is 2.25. The Kier molecular flexibility index (Phi) is 5.70. The van der Waals surface area contributed by atoms with Crippen molar-refractivity contribution in [1.29, 1.82) is 0 Å². The lowest BCUT2D eigenvalue weighted by atomic mass is 10.0. The Balaban J connectivity index is 2.82. The highest BCUT2D eigenvalue weighted by molar-refractivity contribution is 7.89. The summed E-state index contributed by atoms with van der Waals surface area (Å²) in [5, 5.41) is 17.4. The number of benzene rings is 1. The molecule has 21 heavy (non-hydrogen) atoms. The van der Waals surface area contributed by atoms with E-state index in [1.165, 1.54) is 24.3 Å². The standard InChI is InChI=1S/C13H19NO6S/c1-13(2,7-8-15)14-21(18,19)11-5-3-10(4-6-11)20-9-12(16)17/h3-6,14-15H,7-9H2,1-2H3,(H,16,17). The highest BCUT2D eigenvalue weighted by atomic mass is 32.2. The van der Waals surface area contributed by atoms with Crippen molar-refractivity contribution in [2.75, 3.05) is 13.2 Å². The van der Waals surface area contributed by atoms with Crippen molar-refractivity contribution >= 4 is 16.0 Å². The number of aliphatic hydroxyl groups excluding tert-OH is 1. The van der Waals surface area contributed by atoms with Gasteiger partial charge in [0.15, 0.2) is 6.61 Å². The maximum Gasteiger partial charge on any atom is 0.341 e. The molecule has 0 radical (unpaired) electrons. The average Bonchev–Trinajstić information content (AvgIpc) is 2.35. The molecule has 0 fully saturated rings. The van der Waals surface area contributed by atoms with Gasteiger partial charge in [0.05, 0.1) is 4.90 Å². The molecule has 8 heteroatoms. The normalized spacial score (nSPS) is 12.1. The van der Waals surface area contributed by atoms with Gasteiger partial charge in [-0.2, -0.15) is 0 Å². The minimum absolute atomic E-state index is 0.0381. The smallest absolute Gasteiger partial charge is 0.341 e. The van der Waals surface area contributed by atoms with Gasteiger partial charge in [0, 0.05) is 12.1 Å². The number of carboxylic acids is 1. The molecule has 0 bridgehead atoms. The Bertz CT molecular complexity index is 579. The number of nitrogens with one attached hydrogen (secondary N) is 1. The van der Waals surface area contributed by atoms with Crippen LogP contribution >= 0.6 is 0 Å². The quantitative estimate of drug-likeness (QED) is 0.647. The minimum atomic E-state index is -3.72. The second kappa shape index (κ2) is 6.88. The highest BCUT2D eigenvalue weighted by Crippen LogP contribution is 2.18. The fraction of sp³-hybridized carbons (Fsp3) is 0.462. The summed E-state index contributed by atoms with van der Waals surface area (Å²) >= 11 is 0. The van der Waals surface area contributed by atoms with Crippen molar-refractivity contribution in [3.63, 3.8) is 0 Å². The summed E-state index contributed by atoms with van der Waals surface area (Å²) in [6.07, 6.45) is 0.284. The van der Waals surface area contributed by atoms with Gasteiger partial charge in [0.1, 0.15) is 5.75 Å². The van der Waals surface area contributed by atoms with Gasteiger partial charge in [0.2, 0.25) is 10.0 Å². The number of aliphatic hydroxyl groups is 1. The second-order valence-electron chi connectivity index (χ2n) is 5.12. The topological polar surface area (TPSA) is 113 Å². The van der Waals surface area contributed by atoms with Crippen LogP contribution in [0.25, 0.3) is 0 Å². The monoisotopic (exact) mass is 317 g/mol. The third-order valence-corrected chi connectivity index (χ3v) is 4.36. The van der Waals surface area contributed by atoms with E-state index in [9.17, 15) is 13.2 Å². The molecule has 0 aliphatic rings. The lowest BCUT2D eigenvalue weighted by Crippen LogP contribution is -2.43. The van der Waals surface area contributed by atoms with Gasteiger partial charge in [-0.25, -0.2) is 17.9 Å². The van der Waals surface area contributed by atoms with Crippen molar-refractivity contribution < 1.29 is 28.2 Å². The van der Waals surface area contributed by atoms with Crippen LogP contribution in [0.15, 0.2) is 29.2 Å². The van der Waals surface area contributed by atoms with Crippen LogP contribution in [-0.2, 0) is 14.8 Å². The van der Waals surface area contributed by atoms with E-state index in [4.69, 9.17) is 14.9 Å². The van der Waals surface area contributed by atoms with E-state index in [0.29, 0.717) is 0 Å². The molecule has 0 saturated heterocycles. The molecular formula is C13H19NO6S. The summed E-state index contributed by atoms with van der Waals surface area (Å²) in [5.74, 6) is -0.843. The number of rotatable bonds is 8. The van der Waals surface area contributed by atoms with Gasteiger partial charge >= 0.3 is 5.97 Å². The van der Waals surface area contributed by atoms with E-state index in [-0.39, 0.29) is 23.7 Å². The van der Waals surface area contributed by atoms with Crippen molar-refractivity contribution in [3.8, 4) is 5.75 Å². The summed E-state index contributed by atoms with van der Waals surface area (Å²) in [4.78, 5) is 10.4. The predicted molar refractivity (Wildman–Crippen MR) is 75.7 cm³/mol. The largest absolute Gasteiger partial charge is 0.482 e. The fourth-order valence-electron chi connectivity index (χ4n) is 1.61. The zero-order chi connectivity index (χ0) is 16.1. The van der Waals surface area contributed by atoms with Gasteiger partial charge < -0.3 is 14.9 Å². The molecule has 118 valence electrons. The first-order valence-electron chi connectivity index (χ1n) is 6.26. The Labute approximate surface area is 123 Å². The van der Waals surface area contributed by atoms with Gasteiger partial charge in [-0.15, -0.1) is 0 Å². The van der Waals surface area contributed by atoms with Crippen LogP contribution < -0.4 is 9.46 Å². The molecule has 0 spiro atoms. The van der Waals surface area contributed by atoms with Crippen LogP contribution in [0.2, 0.25) is 0 Å². The van der Waals surface area contributed by atoms with Crippen LogP contribution in [0.1, 0.15) is 20.3 Å². The summed E-state index contributed by atoms with van der Waals surface area (Å²) in [5.41, 5.74) is -0.772. The van der Waals surface area contributed by atoms with Crippen LogP contribution in [-0.4, -0.2) is 43.4 Å². The molecule has 1 rings (SSSR count). The second-order valence-corrected chi connectivity index (χ2v) is 6.80. The van der Waals surface area contributed by atoms with E-state index in [1.54, 1.807) is 13.8 Å². The molecule has 3 N–H and O–H groups in total. The number of carboxylic acid groups (broad SMARTS) is 1. The van der Waals surface area contributed by atoms with Crippen LogP contribution in [0.5, 0.6) is 5.75 Å². The molecule has 0 unspecified atom stereocenters. The SMILES string of the molecule is CC(C)(CCO)NS(=O)(=O)c1ccc(OCC(=O)O)cc1. The van der Waals surface area contributed by atoms with E-state index in [1.807, 2.05) is 0 Å². The van der Waals surface area contributed by atoms with Crippen molar-refractivity contribution in [2.45, 2.75) is 30.7 Å². The third kappa shape index (κ3) is 5.70. The first-order valence-corrected chi connectivity index (χ1v) is 7.74. The Hall–Kier alpha value is -1.64. The molecule has 0 aliphatic carbocycles. The molecule has 0 aromatic heterocycles. The maximum absolute atomic E-state index is 12.2. The van der Waals surface area contributed by atoms with Crippen molar-refractivity contribution in [3.05, 3.63) is 24.3 Å². The summed E-state index contributed by atoms with van der Waals surface area (Å²) in [6.45, 7) is 2.72. The summed E-state index contributed by atoms with van der Waals surface area (Å²) in [6, 6.07) is 5.43. The number of hydrogen-bond donors (Lipinski definition) is 3. The van der Waals surface area contributed by atoms with E-state index in [2.05, 4.69) is 4.72 Å². The maximum atomic E-state index is 12.2. The van der Waals surface area contributed by atoms with E-state index >= 15 is 0 Å². The molecule has 7 nitrogen and oxygen atoms in total. The van der Waals surface area contributed by atoms with Crippen LogP contribution in [0.4, 0.5) is 0 Å². The van der Waals surface area contributed by atoms with Gasteiger partial charge in [-0.1, -0.05) is 0 Å². The zero-order valence-corrected chi connectivity index (χ0v) is 12.7. The van der Waals surface area contributed by atoms with E-state index in [0.717, 1.165) is 0 Å². The third-order valence-electron chi connectivity index (χ3n) is 2.64. The van der Waals surface area contributed by atoms with Crippen LogP contribution in [0.3, 0.4) is 0 Å². The Morgan fingerprint density at radius 3 is 2.33 bits per heavy atom. The lowest BCUT2D eigenvalue weighted by molar-refractivity contribution is -0.139. The first kappa shape index (κ1) is 17.4. The number of carbonyl (C=O) groups is 1. The summed E-state index contributed by atoms with van der Waals surface area (Å²) in [7, 11) is -3.72. The number of hydrogen-bond acceptors (Lipinski definition) is 5. The molecule has 0 saturated carbocycles. The van der Waals surface area contributed by atoms with Crippen LogP contribution in [0, 0.1) is 0 Å². The van der Waals surface area contributed by atoms with Gasteiger partial charge in [-0.3, -0.25) is 0 Å². The molecule has 1 aromatic rings. The Morgan fingerprint density at radius 2 is 1.86 bits per heavy atom. The van der Waals surface area contributed by atoms with Gasteiger partial charge in [0.25, 0.3) is 0 Å².